The highest BCUT2D eigenvalue weighted by atomic mass is 33.1. The maximum Gasteiger partial charge on any atom is 0.189 e. The van der Waals surface area contributed by atoms with E-state index in [0.717, 1.165) is 78.5 Å². The lowest BCUT2D eigenvalue weighted by Crippen LogP contribution is -2.47. The molecule has 8 aliphatic rings. The molecule has 14 heteroatoms. The molecule has 14 atom stereocenters. The van der Waals surface area contributed by atoms with Gasteiger partial charge in [0.15, 0.2) is 17.5 Å². The Bertz CT molecular complexity index is 2350. The van der Waals surface area contributed by atoms with Crippen molar-refractivity contribution < 1.29 is 29.6 Å². The second-order valence-electron chi connectivity index (χ2n) is 24.1. The van der Waals surface area contributed by atoms with Gasteiger partial charge in [-0.1, -0.05) is 78.8 Å². The molecule has 1 aromatic carbocycles. The summed E-state index contributed by atoms with van der Waals surface area (Å²) >= 11 is 0. The van der Waals surface area contributed by atoms with E-state index >= 15 is 0 Å². The summed E-state index contributed by atoms with van der Waals surface area (Å²) in [4.78, 5) is 8.78. The number of aliphatic hydroxyl groups excluding tert-OH is 3. The van der Waals surface area contributed by atoms with Gasteiger partial charge in [-0.15, -0.1) is 0 Å². The van der Waals surface area contributed by atoms with Crippen LogP contribution in [0.25, 0.3) is 0 Å². The number of furan rings is 1. The molecule has 1 aliphatic heterocycles. The van der Waals surface area contributed by atoms with Crippen LogP contribution < -0.4 is 26.8 Å². The molecule has 11 N–H and O–H groups in total. The van der Waals surface area contributed by atoms with Crippen LogP contribution in [0.2, 0.25) is 0 Å². The molecule has 4 saturated carbocycles. The molecule has 11 rings (SSSR count). The molecular formula is C59H88N6O6S2. The van der Waals surface area contributed by atoms with Gasteiger partial charge in [-0.25, -0.2) is 4.99 Å². The van der Waals surface area contributed by atoms with E-state index in [1.54, 1.807) is 6.07 Å². The highest BCUT2D eigenvalue weighted by molar-refractivity contribution is 8.76. The number of phenolic OH excluding ortho intramolecular Hbond substituents is 1. The summed E-state index contributed by atoms with van der Waals surface area (Å²) in [6.07, 6.45) is 25.0. The Labute approximate surface area is 443 Å². The molecule has 3 aromatic rings. The number of aliphatic imine (C=N–C) groups is 1. The van der Waals surface area contributed by atoms with Gasteiger partial charge in [-0.3, -0.25) is 0 Å². The Morgan fingerprint density at radius 1 is 0.945 bits per heavy atom. The molecule has 6 bridgehead atoms. The summed E-state index contributed by atoms with van der Waals surface area (Å²) in [6.45, 7) is 5.50. The fourth-order valence-electron chi connectivity index (χ4n) is 15.4. The third-order valence-electron chi connectivity index (χ3n) is 19.4. The Kier molecular flexibility index (Phi) is 17.6. The number of allylic oxidation sites excluding steroid dienone is 2. The molecule has 1 saturated heterocycles. The van der Waals surface area contributed by atoms with Gasteiger partial charge in [0.25, 0.3) is 0 Å². The number of rotatable bonds is 17. The van der Waals surface area contributed by atoms with E-state index < -0.39 is 12.2 Å². The third-order valence-corrected chi connectivity index (χ3v) is 21.8. The van der Waals surface area contributed by atoms with Crippen LogP contribution in [0, 0.1) is 46.8 Å². The zero-order chi connectivity index (χ0) is 50.6. The van der Waals surface area contributed by atoms with Gasteiger partial charge in [0, 0.05) is 78.3 Å². The number of benzene rings is 1. The van der Waals surface area contributed by atoms with E-state index in [1.807, 2.05) is 46.7 Å². The largest absolute Gasteiger partial charge is 0.504 e. The fourth-order valence-corrected chi connectivity index (χ4v) is 18.2. The Morgan fingerprint density at radius 3 is 2.62 bits per heavy atom. The van der Waals surface area contributed by atoms with Crippen LogP contribution in [0.15, 0.2) is 51.9 Å². The molecule has 0 radical (unpaired) electrons. The lowest BCUT2D eigenvalue weighted by Gasteiger charge is -2.46. The van der Waals surface area contributed by atoms with E-state index in [0.29, 0.717) is 84.5 Å². The van der Waals surface area contributed by atoms with Gasteiger partial charge in [-0.2, -0.15) is 0 Å². The first-order valence-corrected chi connectivity index (χ1v) is 31.2. The van der Waals surface area contributed by atoms with E-state index in [-0.39, 0.29) is 42.4 Å². The molecular weight excluding hydrogens is 953 g/mol. The van der Waals surface area contributed by atoms with Crippen molar-refractivity contribution in [3.8, 4) is 11.5 Å². The molecule has 7 aliphatic carbocycles. The number of aromatic amines is 1. The van der Waals surface area contributed by atoms with Crippen LogP contribution in [-0.4, -0.2) is 86.8 Å². The first-order chi connectivity index (χ1) is 35.4. The number of aryl methyl sites for hydroxylation is 3. The van der Waals surface area contributed by atoms with Crippen molar-refractivity contribution in [2.45, 2.75) is 185 Å². The number of aliphatic hydroxyl groups is 3. The topological polar surface area (TPSA) is 208 Å². The smallest absolute Gasteiger partial charge is 0.189 e. The SMILES string of the molecule is C[C@H](O)CNC[C@H]1c2cc([C@@H](O)COc3cc(CCc4cc(CO)c(CC[C@@H]5CC[C@H]6[C@H]7CSSC[C@@H](N=C(N)NC8CCCCC8)[C@@H](C)CC[C@H]6[C@H](C5)C[C@H]7N)o4)ccc3O)[nH]c2[C@H]2C=C[C@@]13CCC[C@@H]3C2. The summed E-state index contributed by atoms with van der Waals surface area (Å²) in [6, 6.07) is 10.6. The second kappa shape index (κ2) is 24.1. The molecule has 0 amide bonds. The van der Waals surface area contributed by atoms with Crippen LogP contribution in [0.4, 0.5) is 0 Å². The molecule has 2 aromatic heterocycles. The minimum Gasteiger partial charge on any atom is -0.504 e. The zero-order valence-corrected chi connectivity index (χ0v) is 45.5. The van der Waals surface area contributed by atoms with Gasteiger partial charge >= 0.3 is 0 Å². The fraction of sp³-hybridized carbons (Fsp3) is 0.712. The van der Waals surface area contributed by atoms with Crippen molar-refractivity contribution in [1.29, 1.82) is 0 Å². The molecule has 73 heavy (non-hydrogen) atoms. The zero-order valence-electron chi connectivity index (χ0n) is 43.8. The number of H-pyrrole nitrogens is 1. The van der Waals surface area contributed by atoms with Gasteiger partial charge in [0.2, 0.25) is 0 Å². The quantitative estimate of drug-likeness (QED) is 0.0268. The molecule has 1 spiro atoms. The number of aromatic nitrogens is 1. The summed E-state index contributed by atoms with van der Waals surface area (Å²) in [5, 5.41) is 50.1. The summed E-state index contributed by atoms with van der Waals surface area (Å²) in [7, 11) is 4.00. The number of nitrogens with two attached hydrogens (primary N) is 2. The summed E-state index contributed by atoms with van der Waals surface area (Å²) in [5.74, 6) is 9.72. The highest BCUT2D eigenvalue weighted by Crippen LogP contribution is 2.62. The third kappa shape index (κ3) is 12.2. The number of aromatic hydroxyl groups is 1. The van der Waals surface area contributed by atoms with E-state index in [4.69, 9.17) is 25.6 Å². The number of nitrogens with one attached hydrogen (secondary N) is 3. The Hall–Kier alpha value is -3.11. The standard InChI is InChI=1S/C59H88N6O6S2/c1-35-10-16-45-40-23-37(12-17-46(45)48(50(60)27-40)33-72-73-34-52(35)65-58(61)63-43-8-4-3-5-9-43)14-19-55-41(31-66)26-44(71-55)15-11-38-13-18-53(68)56(24-38)70-32-54(69)51-28-47-49(30-62-29-36(2)67)59-21-6-7-42(59)25-39(20-22-59)57(47)64-51/h13,18,20,22,24,26,28,35-37,39-40,42-43,45-46,48-50,52,54,62,64,66-69H,3-12,14-17,19,21,23,25,27,29-34,60H2,1-2H3,(H3,61,63,65)/t35-,36-,37-,39-,40+,42+,45-,46+,48+,49-,50+,52+,54-,59+/m0/s1. The van der Waals surface area contributed by atoms with E-state index in [2.05, 4.69) is 40.8 Å². The van der Waals surface area contributed by atoms with Gasteiger partial charge in [-0.05, 0) is 166 Å². The first kappa shape index (κ1) is 53.3. The van der Waals surface area contributed by atoms with Crippen LogP contribution in [0.3, 0.4) is 0 Å². The molecule has 402 valence electrons. The Balaban J connectivity index is 0.735. The summed E-state index contributed by atoms with van der Waals surface area (Å²) in [5.41, 5.74) is 18.8. The monoisotopic (exact) mass is 1040 g/mol. The van der Waals surface area contributed by atoms with Gasteiger partial charge < -0.3 is 56.7 Å². The van der Waals surface area contributed by atoms with Gasteiger partial charge in [0.1, 0.15) is 24.2 Å². The number of nitrogens with zero attached hydrogens (tertiary/aromatic N) is 1. The molecule has 0 unspecified atom stereocenters. The number of guanidine groups is 1. The number of hydrogen-bond donors (Lipinski definition) is 9. The summed E-state index contributed by atoms with van der Waals surface area (Å²) < 4.78 is 12.7. The molecule has 5 fully saturated rings. The van der Waals surface area contributed by atoms with Crippen LogP contribution in [0.1, 0.15) is 174 Å². The van der Waals surface area contributed by atoms with Gasteiger partial charge in [0.05, 0.1) is 18.8 Å². The number of phenols is 1. The Morgan fingerprint density at radius 2 is 1.78 bits per heavy atom. The van der Waals surface area contributed by atoms with Crippen LogP contribution in [-0.2, 0) is 25.9 Å². The van der Waals surface area contributed by atoms with E-state index in [1.165, 1.54) is 88.3 Å². The molecule has 12 nitrogen and oxygen atoms in total. The minimum absolute atomic E-state index is 0.00479. The normalized spacial score (nSPS) is 33.5. The number of hydrogen-bond acceptors (Lipinski definition) is 11. The second-order valence-corrected chi connectivity index (χ2v) is 26.6. The average Bonchev–Trinajstić information content (AvgIpc) is 4.08. The van der Waals surface area contributed by atoms with Crippen molar-refractivity contribution >= 4 is 27.5 Å². The minimum atomic E-state index is -0.906. The van der Waals surface area contributed by atoms with Crippen molar-refractivity contribution in [3.05, 3.63) is 82.1 Å². The predicted molar refractivity (Wildman–Crippen MR) is 296 cm³/mol. The van der Waals surface area contributed by atoms with Crippen molar-refractivity contribution in [2.75, 3.05) is 31.2 Å². The average molecular weight is 1040 g/mol. The van der Waals surface area contributed by atoms with Crippen molar-refractivity contribution in [2.24, 2.45) is 63.3 Å². The lowest BCUT2D eigenvalue weighted by atomic mass is 9.62. The maximum atomic E-state index is 11.6. The predicted octanol–water partition coefficient (Wildman–Crippen LogP) is 9.95. The van der Waals surface area contributed by atoms with Crippen LogP contribution in [0.5, 0.6) is 11.5 Å². The van der Waals surface area contributed by atoms with E-state index in [9.17, 15) is 20.4 Å². The van der Waals surface area contributed by atoms with Crippen molar-refractivity contribution in [1.82, 2.24) is 15.6 Å². The maximum absolute atomic E-state index is 11.6. The van der Waals surface area contributed by atoms with Crippen LogP contribution >= 0.6 is 21.6 Å². The van der Waals surface area contributed by atoms with Crippen molar-refractivity contribution in [3.63, 3.8) is 0 Å². The molecule has 3 heterocycles. The first-order valence-electron chi connectivity index (χ1n) is 28.7. The highest BCUT2D eigenvalue weighted by Gasteiger charge is 2.53. The number of ether oxygens (including phenoxy) is 1. The lowest BCUT2D eigenvalue weighted by molar-refractivity contribution is 0.0716.